The molecule has 4 nitrogen and oxygen atoms in total. The first kappa shape index (κ1) is 14.1. The highest BCUT2D eigenvalue weighted by molar-refractivity contribution is 5.77. The van der Waals surface area contributed by atoms with Gasteiger partial charge < -0.3 is 5.32 Å². The third kappa shape index (κ3) is 2.73. The van der Waals surface area contributed by atoms with Gasteiger partial charge in [0.2, 0.25) is 0 Å². The summed E-state index contributed by atoms with van der Waals surface area (Å²) in [5, 5.41) is 4.62. The summed E-state index contributed by atoms with van der Waals surface area (Å²) in [6.07, 6.45) is 10.3. The Morgan fingerprint density at radius 2 is 2.00 bits per heavy atom. The van der Waals surface area contributed by atoms with Crippen LogP contribution in [0.5, 0.6) is 0 Å². The van der Waals surface area contributed by atoms with Crippen molar-refractivity contribution in [3.05, 3.63) is 36.3 Å². The third-order valence-electron chi connectivity index (χ3n) is 5.17. The summed E-state index contributed by atoms with van der Waals surface area (Å²) in [7, 11) is 0. The molecule has 0 aromatic carbocycles. The number of nitrogens with one attached hydrogen (secondary N) is 1. The predicted octanol–water partition coefficient (Wildman–Crippen LogP) is 2.91. The summed E-state index contributed by atoms with van der Waals surface area (Å²) < 4.78 is 0. The van der Waals surface area contributed by atoms with Crippen molar-refractivity contribution in [1.29, 1.82) is 0 Å². The van der Waals surface area contributed by atoms with Crippen LogP contribution in [0.25, 0.3) is 10.9 Å². The van der Waals surface area contributed by atoms with E-state index in [-0.39, 0.29) is 0 Å². The minimum Gasteiger partial charge on any atom is -0.317 e. The molecule has 116 valence electrons. The molecule has 4 rings (SSSR count). The van der Waals surface area contributed by atoms with Crippen molar-refractivity contribution in [3.63, 3.8) is 0 Å². The first-order valence-electron chi connectivity index (χ1n) is 8.59. The monoisotopic (exact) mass is 296 g/mol. The fourth-order valence-electron chi connectivity index (χ4n) is 4.01. The molecular formula is C18H24N4. The number of pyridine rings is 2. The Kier molecular flexibility index (Phi) is 4.04. The van der Waals surface area contributed by atoms with Gasteiger partial charge in [0.15, 0.2) is 0 Å². The zero-order valence-corrected chi connectivity index (χ0v) is 13.0. The molecule has 1 atom stereocenters. The summed E-state index contributed by atoms with van der Waals surface area (Å²) in [6.45, 7) is 3.53. The number of fused-ring (bicyclic) bond motifs is 1. The molecule has 22 heavy (non-hydrogen) atoms. The van der Waals surface area contributed by atoms with Crippen LogP contribution in [-0.4, -0.2) is 40.5 Å². The molecule has 0 spiro atoms. The van der Waals surface area contributed by atoms with E-state index in [0.717, 1.165) is 24.0 Å². The van der Waals surface area contributed by atoms with Gasteiger partial charge in [0.1, 0.15) is 0 Å². The molecule has 0 saturated carbocycles. The Morgan fingerprint density at radius 3 is 2.91 bits per heavy atom. The van der Waals surface area contributed by atoms with Crippen LogP contribution in [0.15, 0.2) is 30.6 Å². The molecule has 2 saturated heterocycles. The van der Waals surface area contributed by atoms with E-state index in [2.05, 4.69) is 27.3 Å². The second-order valence-electron chi connectivity index (χ2n) is 6.54. The van der Waals surface area contributed by atoms with Crippen molar-refractivity contribution in [2.24, 2.45) is 0 Å². The average molecular weight is 296 g/mol. The minimum atomic E-state index is 0.475. The van der Waals surface area contributed by atoms with Crippen LogP contribution in [0.4, 0.5) is 0 Å². The van der Waals surface area contributed by atoms with Gasteiger partial charge in [-0.05, 0) is 63.5 Å². The molecule has 0 aliphatic carbocycles. The molecule has 2 fully saturated rings. The van der Waals surface area contributed by atoms with Crippen LogP contribution in [0.2, 0.25) is 0 Å². The first-order valence-corrected chi connectivity index (χ1v) is 8.59. The molecule has 1 N–H and O–H groups in total. The quantitative estimate of drug-likeness (QED) is 0.925. The van der Waals surface area contributed by atoms with Crippen LogP contribution < -0.4 is 5.32 Å². The minimum absolute atomic E-state index is 0.475. The number of hydrogen-bond acceptors (Lipinski definition) is 4. The Hall–Kier alpha value is -1.52. The van der Waals surface area contributed by atoms with Crippen LogP contribution in [0.1, 0.15) is 43.8 Å². The van der Waals surface area contributed by atoms with Gasteiger partial charge in [-0.25, -0.2) is 0 Å². The van der Waals surface area contributed by atoms with E-state index in [1.165, 1.54) is 44.3 Å². The smallest absolute Gasteiger partial charge is 0.0736 e. The van der Waals surface area contributed by atoms with Gasteiger partial charge >= 0.3 is 0 Å². The summed E-state index contributed by atoms with van der Waals surface area (Å²) in [5.74, 6) is 0. The van der Waals surface area contributed by atoms with Crippen molar-refractivity contribution >= 4 is 10.9 Å². The van der Waals surface area contributed by atoms with Crippen LogP contribution in [0.3, 0.4) is 0 Å². The van der Waals surface area contributed by atoms with Crippen molar-refractivity contribution < 1.29 is 0 Å². The van der Waals surface area contributed by atoms with Crippen molar-refractivity contribution in [2.45, 2.75) is 44.2 Å². The highest BCUT2D eigenvalue weighted by atomic mass is 15.2. The maximum absolute atomic E-state index is 4.78. The molecule has 4 heteroatoms. The van der Waals surface area contributed by atoms with Gasteiger partial charge in [-0.1, -0.05) is 6.42 Å². The molecule has 0 amide bonds. The Balaban J connectivity index is 1.64. The summed E-state index contributed by atoms with van der Waals surface area (Å²) in [6, 6.07) is 7.46. The number of aromatic nitrogens is 2. The molecule has 2 aliphatic heterocycles. The lowest BCUT2D eigenvalue weighted by atomic mass is 9.93. The molecule has 0 radical (unpaired) electrons. The second-order valence-corrected chi connectivity index (χ2v) is 6.54. The first-order chi connectivity index (χ1) is 10.9. The van der Waals surface area contributed by atoms with Gasteiger partial charge in [-0.3, -0.25) is 14.9 Å². The van der Waals surface area contributed by atoms with Crippen molar-refractivity contribution in [1.82, 2.24) is 20.2 Å². The number of piperidine rings is 2. The maximum Gasteiger partial charge on any atom is 0.0736 e. The standard InChI is InChI=1S/C18H24N4/c1-2-11-22(15-6-9-19-10-7-15)18(5-1)17-12-16-14(13-21-17)4-3-8-20-16/h3-4,8,12-13,15,18-19H,1-2,5-7,9-11H2. The largest absolute Gasteiger partial charge is 0.317 e. The SMILES string of the molecule is c1cnc2cc(C3CCCCN3C3CCNCC3)ncc2c1. The highest BCUT2D eigenvalue weighted by Gasteiger charge is 2.31. The number of nitrogens with zero attached hydrogens (tertiary/aromatic N) is 3. The molecule has 2 aromatic heterocycles. The van der Waals surface area contributed by atoms with E-state index >= 15 is 0 Å². The lowest BCUT2D eigenvalue weighted by molar-refractivity contribution is 0.0738. The summed E-state index contributed by atoms with van der Waals surface area (Å²) in [4.78, 5) is 12.0. The summed E-state index contributed by atoms with van der Waals surface area (Å²) in [5.41, 5.74) is 2.28. The van der Waals surface area contributed by atoms with Crippen molar-refractivity contribution in [3.8, 4) is 0 Å². The second kappa shape index (κ2) is 6.31. The van der Waals surface area contributed by atoms with Crippen molar-refractivity contribution in [2.75, 3.05) is 19.6 Å². The van der Waals surface area contributed by atoms with Gasteiger partial charge in [-0.2, -0.15) is 0 Å². The number of rotatable bonds is 2. The molecule has 2 aromatic rings. The van der Waals surface area contributed by atoms with E-state index in [0.29, 0.717) is 12.1 Å². The van der Waals surface area contributed by atoms with E-state index in [1.54, 1.807) is 0 Å². The lowest BCUT2D eigenvalue weighted by Gasteiger charge is -2.42. The molecule has 4 heterocycles. The Morgan fingerprint density at radius 1 is 1.09 bits per heavy atom. The number of likely N-dealkylation sites (tertiary alicyclic amines) is 1. The van der Waals surface area contributed by atoms with Crippen LogP contribution >= 0.6 is 0 Å². The maximum atomic E-state index is 4.78. The topological polar surface area (TPSA) is 41.1 Å². The zero-order valence-electron chi connectivity index (χ0n) is 13.0. The molecule has 0 bridgehead atoms. The van der Waals surface area contributed by atoms with E-state index in [1.807, 2.05) is 18.5 Å². The lowest BCUT2D eigenvalue weighted by Crippen LogP contribution is -2.46. The predicted molar refractivity (Wildman–Crippen MR) is 88.7 cm³/mol. The Labute approximate surface area is 131 Å². The van der Waals surface area contributed by atoms with E-state index in [4.69, 9.17) is 4.98 Å². The summed E-state index contributed by atoms with van der Waals surface area (Å²) >= 11 is 0. The molecule has 1 unspecified atom stereocenters. The normalized spacial score (nSPS) is 24.6. The van der Waals surface area contributed by atoms with Gasteiger partial charge in [0, 0.05) is 23.8 Å². The fourth-order valence-corrected chi connectivity index (χ4v) is 4.01. The molecular weight excluding hydrogens is 272 g/mol. The van der Waals surface area contributed by atoms with Crippen LogP contribution in [-0.2, 0) is 0 Å². The number of hydrogen-bond donors (Lipinski definition) is 1. The highest BCUT2D eigenvalue weighted by Crippen LogP contribution is 2.34. The van der Waals surface area contributed by atoms with Crippen LogP contribution in [0, 0.1) is 0 Å². The molecule has 2 aliphatic rings. The van der Waals surface area contributed by atoms with Gasteiger partial charge in [0.25, 0.3) is 0 Å². The van der Waals surface area contributed by atoms with Gasteiger partial charge in [0.05, 0.1) is 17.3 Å². The van der Waals surface area contributed by atoms with Gasteiger partial charge in [-0.15, -0.1) is 0 Å². The van der Waals surface area contributed by atoms with E-state index < -0.39 is 0 Å². The third-order valence-corrected chi connectivity index (χ3v) is 5.17. The average Bonchev–Trinajstić information content (AvgIpc) is 2.62. The zero-order chi connectivity index (χ0) is 14.8. The Bertz CT molecular complexity index is 636. The fraction of sp³-hybridized carbons (Fsp3) is 0.556. The van der Waals surface area contributed by atoms with E-state index in [9.17, 15) is 0 Å².